The molecule has 0 aliphatic heterocycles. The van der Waals surface area contributed by atoms with Crippen molar-refractivity contribution in [2.24, 2.45) is 0 Å². The van der Waals surface area contributed by atoms with Gasteiger partial charge in [0, 0.05) is 12.0 Å². The molecule has 0 spiro atoms. The maximum absolute atomic E-state index is 12.7. The van der Waals surface area contributed by atoms with Crippen molar-refractivity contribution >= 4 is 15.9 Å². The fourth-order valence-corrected chi connectivity index (χ4v) is 2.88. The van der Waals surface area contributed by atoms with Crippen LogP contribution in [0.4, 0.5) is 0 Å². The second kappa shape index (κ2) is 6.62. The van der Waals surface area contributed by atoms with E-state index < -0.39 is 33.7 Å². The molecule has 23 heavy (non-hydrogen) atoms. The maximum atomic E-state index is 12.7. The molecular formula is C17H18O5S. The van der Waals surface area contributed by atoms with Crippen molar-refractivity contribution in [1.29, 1.82) is 0 Å². The molecule has 122 valence electrons. The number of Topliss-reactive ketones (excluding diaryl/α,β-unsaturated/α-hetero) is 1. The summed E-state index contributed by atoms with van der Waals surface area (Å²) in [4.78, 5) is 12.7. The molecule has 0 amide bonds. The van der Waals surface area contributed by atoms with E-state index in [9.17, 15) is 18.3 Å². The summed E-state index contributed by atoms with van der Waals surface area (Å²) in [6, 6.07) is 14.8. The molecule has 0 bridgehead atoms. The average Bonchev–Trinajstić information content (AvgIpc) is 2.53. The van der Waals surface area contributed by atoms with Crippen molar-refractivity contribution in [3.05, 3.63) is 71.3 Å². The van der Waals surface area contributed by atoms with Crippen molar-refractivity contribution in [3.63, 3.8) is 0 Å². The fraction of sp³-hybridized carbons (Fsp3) is 0.235. The van der Waals surface area contributed by atoms with Gasteiger partial charge < -0.3 is 5.11 Å². The zero-order chi connectivity index (χ0) is 17.1. The van der Waals surface area contributed by atoms with Crippen LogP contribution in [0, 0.1) is 6.92 Å². The number of carbonyl (C=O) groups excluding carboxylic acids is 1. The second-order valence-electron chi connectivity index (χ2n) is 5.46. The van der Waals surface area contributed by atoms with Crippen LogP contribution < -0.4 is 0 Å². The summed E-state index contributed by atoms with van der Waals surface area (Å²) >= 11 is 0. The van der Waals surface area contributed by atoms with Crippen LogP contribution in [0.3, 0.4) is 0 Å². The van der Waals surface area contributed by atoms with Crippen molar-refractivity contribution in [2.45, 2.75) is 18.9 Å². The molecule has 2 N–H and O–H groups in total. The topological polar surface area (TPSA) is 91.7 Å². The highest BCUT2D eigenvalue weighted by Gasteiger charge is 2.39. The first kappa shape index (κ1) is 17.3. The maximum Gasteiger partial charge on any atom is 0.264 e. The lowest BCUT2D eigenvalue weighted by Gasteiger charge is -2.27. The molecule has 0 radical (unpaired) electrons. The fourth-order valence-electron chi connectivity index (χ4n) is 2.32. The van der Waals surface area contributed by atoms with Gasteiger partial charge in [-0.2, -0.15) is 8.42 Å². The van der Waals surface area contributed by atoms with Crippen LogP contribution in [0.2, 0.25) is 0 Å². The summed E-state index contributed by atoms with van der Waals surface area (Å²) in [7, 11) is -4.30. The van der Waals surface area contributed by atoms with Gasteiger partial charge in [-0.3, -0.25) is 9.35 Å². The van der Waals surface area contributed by atoms with Gasteiger partial charge in [0.2, 0.25) is 0 Å². The largest absolute Gasteiger partial charge is 0.377 e. The van der Waals surface area contributed by atoms with Crippen LogP contribution in [0.1, 0.15) is 27.9 Å². The average molecular weight is 334 g/mol. The van der Waals surface area contributed by atoms with E-state index in [2.05, 4.69) is 0 Å². The number of benzene rings is 2. The Bertz CT molecular complexity index is 781. The molecule has 6 heteroatoms. The van der Waals surface area contributed by atoms with Crippen molar-refractivity contribution < 1.29 is 22.9 Å². The third-order valence-electron chi connectivity index (χ3n) is 3.66. The molecule has 0 fully saturated rings. The zero-order valence-electron chi connectivity index (χ0n) is 12.6. The van der Waals surface area contributed by atoms with E-state index in [0.717, 1.165) is 5.56 Å². The Kier molecular flexibility index (Phi) is 4.99. The predicted molar refractivity (Wildman–Crippen MR) is 86.9 cm³/mol. The molecule has 1 unspecified atom stereocenters. The van der Waals surface area contributed by atoms with Crippen molar-refractivity contribution in [1.82, 2.24) is 0 Å². The number of ketones is 1. The lowest BCUT2D eigenvalue weighted by Crippen LogP contribution is -2.37. The SMILES string of the molecule is Cc1ccc(C(O)(CCS(=O)(=O)O)C(=O)c2ccccc2)cc1. The molecular weight excluding hydrogens is 316 g/mol. The Balaban J connectivity index is 2.46. The van der Waals surface area contributed by atoms with E-state index in [1.807, 2.05) is 6.92 Å². The van der Waals surface area contributed by atoms with Crippen molar-refractivity contribution in [2.75, 3.05) is 5.75 Å². The molecule has 0 aliphatic rings. The summed E-state index contributed by atoms with van der Waals surface area (Å²) in [5.41, 5.74) is -0.519. The number of hydrogen-bond donors (Lipinski definition) is 2. The summed E-state index contributed by atoms with van der Waals surface area (Å²) in [5, 5.41) is 10.9. The van der Waals surface area contributed by atoms with E-state index in [1.165, 1.54) is 0 Å². The number of hydrogen-bond acceptors (Lipinski definition) is 4. The lowest BCUT2D eigenvalue weighted by atomic mass is 9.83. The Hall–Kier alpha value is -2.02. The summed E-state index contributed by atoms with van der Waals surface area (Å²) in [6.45, 7) is 1.86. The van der Waals surface area contributed by atoms with Crippen LogP contribution >= 0.6 is 0 Å². The van der Waals surface area contributed by atoms with E-state index in [0.29, 0.717) is 5.56 Å². The Morgan fingerprint density at radius 2 is 1.61 bits per heavy atom. The number of carbonyl (C=O) groups is 1. The number of aliphatic hydroxyl groups is 1. The first-order chi connectivity index (χ1) is 10.7. The minimum absolute atomic E-state index is 0.269. The summed E-state index contributed by atoms with van der Waals surface area (Å²) < 4.78 is 31.1. The molecule has 0 aromatic heterocycles. The Morgan fingerprint density at radius 1 is 1.04 bits per heavy atom. The highest BCUT2D eigenvalue weighted by atomic mass is 32.2. The molecule has 2 aromatic rings. The third-order valence-corrected chi connectivity index (χ3v) is 4.38. The Morgan fingerprint density at radius 3 is 2.13 bits per heavy atom. The van der Waals surface area contributed by atoms with Crippen LogP contribution in [-0.4, -0.2) is 29.6 Å². The van der Waals surface area contributed by atoms with Gasteiger partial charge in [-0.1, -0.05) is 60.2 Å². The van der Waals surface area contributed by atoms with E-state index in [1.54, 1.807) is 54.6 Å². The minimum atomic E-state index is -4.30. The monoisotopic (exact) mass is 334 g/mol. The summed E-state index contributed by atoms with van der Waals surface area (Å²) in [5.74, 6) is -1.32. The van der Waals surface area contributed by atoms with Crippen LogP contribution in [-0.2, 0) is 15.7 Å². The molecule has 2 rings (SSSR count). The van der Waals surface area contributed by atoms with Gasteiger partial charge in [0.15, 0.2) is 11.4 Å². The second-order valence-corrected chi connectivity index (χ2v) is 7.03. The van der Waals surface area contributed by atoms with E-state index in [-0.39, 0.29) is 5.56 Å². The normalized spacial score (nSPS) is 14.2. The van der Waals surface area contributed by atoms with Gasteiger partial charge in [-0.15, -0.1) is 0 Å². The number of rotatable bonds is 6. The number of aryl methyl sites for hydroxylation is 1. The molecule has 0 saturated carbocycles. The lowest BCUT2D eigenvalue weighted by molar-refractivity contribution is 0.0280. The smallest absolute Gasteiger partial charge is 0.264 e. The predicted octanol–water partition coefficient (Wildman–Crippen LogP) is 2.34. The minimum Gasteiger partial charge on any atom is -0.377 e. The van der Waals surface area contributed by atoms with Gasteiger partial charge in [-0.25, -0.2) is 0 Å². The first-order valence-electron chi connectivity index (χ1n) is 7.07. The molecule has 2 aromatic carbocycles. The molecule has 0 saturated heterocycles. The van der Waals surface area contributed by atoms with Gasteiger partial charge in [-0.05, 0) is 12.5 Å². The van der Waals surface area contributed by atoms with Crippen LogP contribution in [0.15, 0.2) is 54.6 Å². The van der Waals surface area contributed by atoms with Gasteiger partial charge in [0.25, 0.3) is 10.1 Å². The van der Waals surface area contributed by atoms with E-state index >= 15 is 0 Å². The first-order valence-corrected chi connectivity index (χ1v) is 8.68. The van der Waals surface area contributed by atoms with Crippen LogP contribution in [0.5, 0.6) is 0 Å². The highest BCUT2D eigenvalue weighted by Crippen LogP contribution is 2.30. The molecule has 0 aliphatic carbocycles. The molecule has 5 nitrogen and oxygen atoms in total. The standard InChI is InChI=1S/C17H18O5S/c1-13-7-9-15(10-8-13)17(19,11-12-23(20,21)22)16(18)14-5-3-2-4-6-14/h2-10,19H,11-12H2,1H3,(H,20,21,22). The summed E-state index contributed by atoms with van der Waals surface area (Å²) in [6.07, 6.45) is -0.428. The van der Waals surface area contributed by atoms with Gasteiger partial charge in [0.05, 0.1) is 5.75 Å². The van der Waals surface area contributed by atoms with Crippen LogP contribution in [0.25, 0.3) is 0 Å². The third kappa shape index (κ3) is 4.25. The molecule has 1 atom stereocenters. The highest BCUT2D eigenvalue weighted by molar-refractivity contribution is 7.85. The quantitative estimate of drug-likeness (QED) is 0.625. The van der Waals surface area contributed by atoms with E-state index in [4.69, 9.17) is 4.55 Å². The van der Waals surface area contributed by atoms with Crippen molar-refractivity contribution in [3.8, 4) is 0 Å². The Labute approximate surface area is 135 Å². The van der Waals surface area contributed by atoms with Gasteiger partial charge in [0.1, 0.15) is 0 Å². The van der Waals surface area contributed by atoms with Gasteiger partial charge >= 0.3 is 0 Å². The molecule has 0 heterocycles. The zero-order valence-corrected chi connectivity index (χ0v) is 13.5.